The minimum atomic E-state index is -0.480. The van der Waals surface area contributed by atoms with Gasteiger partial charge in [0.25, 0.3) is 0 Å². The first-order chi connectivity index (χ1) is 12.5. The molecule has 3 rings (SSSR count). The zero-order valence-electron chi connectivity index (χ0n) is 14.6. The Hall–Kier alpha value is -2.53. The molecule has 1 aliphatic heterocycles. The van der Waals surface area contributed by atoms with Crippen molar-refractivity contribution in [1.29, 1.82) is 0 Å². The molecule has 0 radical (unpaired) electrons. The van der Waals surface area contributed by atoms with E-state index in [2.05, 4.69) is 5.32 Å². The zero-order valence-corrected chi connectivity index (χ0v) is 15.4. The Morgan fingerprint density at radius 2 is 1.92 bits per heavy atom. The molecule has 2 amide bonds. The summed E-state index contributed by atoms with van der Waals surface area (Å²) in [4.78, 5) is 26.3. The fourth-order valence-corrected chi connectivity index (χ4v) is 3.75. The van der Waals surface area contributed by atoms with Crippen molar-refractivity contribution in [2.24, 2.45) is 5.73 Å². The molecule has 1 heterocycles. The summed E-state index contributed by atoms with van der Waals surface area (Å²) >= 11 is 6.20. The minimum Gasteiger partial charge on any atom is -0.368 e. The number of carbonyl (C=O) groups is 2. The molecule has 0 aliphatic carbocycles. The highest BCUT2D eigenvalue weighted by atomic mass is 35.5. The summed E-state index contributed by atoms with van der Waals surface area (Å²) in [5.74, 6) is -0.591. The van der Waals surface area contributed by atoms with E-state index in [1.54, 1.807) is 11.0 Å². The Balaban J connectivity index is 1.76. The van der Waals surface area contributed by atoms with E-state index in [9.17, 15) is 9.59 Å². The van der Waals surface area contributed by atoms with Crippen LogP contribution in [0.4, 0.5) is 5.69 Å². The van der Waals surface area contributed by atoms with Crippen LogP contribution in [-0.4, -0.2) is 24.4 Å². The molecule has 2 atom stereocenters. The molecule has 3 N–H and O–H groups in total. The number of anilines is 1. The van der Waals surface area contributed by atoms with Gasteiger partial charge in [-0.15, -0.1) is 0 Å². The van der Waals surface area contributed by atoms with Gasteiger partial charge in [0.1, 0.15) is 6.04 Å². The Morgan fingerprint density at radius 1 is 1.23 bits per heavy atom. The molecule has 26 heavy (non-hydrogen) atoms. The average Bonchev–Trinajstić information content (AvgIpc) is 2.62. The fourth-order valence-electron chi connectivity index (χ4n) is 3.46. The van der Waals surface area contributed by atoms with Crippen molar-refractivity contribution in [3.05, 3.63) is 64.7 Å². The van der Waals surface area contributed by atoms with Gasteiger partial charge in [0.2, 0.25) is 11.8 Å². The highest BCUT2D eigenvalue weighted by Crippen LogP contribution is 2.30. The van der Waals surface area contributed by atoms with Crippen LogP contribution in [0.3, 0.4) is 0 Å². The number of nitrogens with zero attached hydrogens (tertiary/aromatic N) is 1. The number of nitrogens with two attached hydrogens (primary N) is 1. The van der Waals surface area contributed by atoms with Crippen LogP contribution in [0.15, 0.2) is 48.5 Å². The summed E-state index contributed by atoms with van der Waals surface area (Å²) in [6.45, 7) is 1.95. The summed E-state index contributed by atoms with van der Waals surface area (Å²) in [6, 6.07) is 14.5. The number of hydrogen-bond acceptors (Lipinski definition) is 3. The van der Waals surface area contributed by atoms with E-state index in [1.807, 2.05) is 49.4 Å². The van der Waals surface area contributed by atoms with E-state index >= 15 is 0 Å². The number of halogens is 1. The lowest BCUT2D eigenvalue weighted by Gasteiger charge is -2.36. The second-order valence-electron chi connectivity index (χ2n) is 6.52. The third-order valence-corrected chi connectivity index (χ3v) is 5.10. The van der Waals surface area contributed by atoms with Crippen LogP contribution in [0, 0.1) is 0 Å². The quantitative estimate of drug-likeness (QED) is 0.848. The number of fused-ring (bicyclic) bond motifs is 1. The minimum absolute atomic E-state index is 0.0689. The lowest BCUT2D eigenvalue weighted by Crippen LogP contribution is -2.51. The van der Waals surface area contributed by atoms with Crippen LogP contribution in [-0.2, 0) is 16.0 Å². The van der Waals surface area contributed by atoms with Crippen molar-refractivity contribution in [2.45, 2.75) is 31.8 Å². The van der Waals surface area contributed by atoms with E-state index in [1.165, 1.54) is 0 Å². The maximum atomic E-state index is 12.6. The van der Waals surface area contributed by atoms with Gasteiger partial charge in [-0.25, -0.2) is 0 Å². The molecule has 136 valence electrons. The molecule has 0 fully saturated rings. The van der Waals surface area contributed by atoms with Crippen LogP contribution in [0.2, 0.25) is 5.02 Å². The predicted octanol–water partition coefficient (Wildman–Crippen LogP) is 2.82. The molecular formula is C20H22ClN3O2. The summed E-state index contributed by atoms with van der Waals surface area (Å²) < 4.78 is 0. The van der Waals surface area contributed by atoms with E-state index in [0.29, 0.717) is 11.4 Å². The summed E-state index contributed by atoms with van der Waals surface area (Å²) in [6.07, 6.45) is 1.39. The fraction of sp³-hybridized carbons (Fsp3) is 0.300. The Kier molecular flexibility index (Phi) is 5.47. The standard InChI is InChI=1S/C20H22ClN3O2/c1-13(15-7-3-4-8-16(15)21)23-19(25)12-24-17-9-5-2-6-14(17)10-11-18(24)20(22)26/h2-9,13,18H,10-12H2,1H3,(H2,22,26)(H,23,25)/t13-,18-/m0/s1. The Labute approximate surface area is 158 Å². The zero-order chi connectivity index (χ0) is 18.7. The van der Waals surface area contributed by atoms with Gasteiger partial charge in [0.15, 0.2) is 0 Å². The van der Waals surface area contributed by atoms with E-state index < -0.39 is 11.9 Å². The van der Waals surface area contributed by atoms with Gasteiger partial charge in [-0.3, -0.25) is 9.59 Å². The van der Waals surface area contributed by atoms with Gasteiger partial charge in [-0.2, -0.15) is 0 Å². The van der Waals surface area contributed by atoms with Crippen LogP contribution in [0.5, 0.6) is 0 Å². The van der Waals surface area contributed by atoms with Crippen molar-refractivity contribution in [3.63, 3.8) is 0 Å². The van der Waals surface area contributed by atoms with Gasteiger partial charge in [-0.05, 0) is 43.0 Å². The molecule has 0 saturated carbocycles. The SMILES string of the molecule is C[C@H](NC(=O)CN1c2ccccc2CC[C@H]1C(N)=O)c1ccccc1Cl. The number of hydrogen-bond donors (Lipinski definition) is 2. The molecule has 6 heteroatoms. The molecule has 0 bridgehead atoms. The topological polar surface area (TPSA) is 75.4 Å². The predicted molar refractivity (Wildman–Crippen MR) is 103 cm³/mol. The number of rotatable bonds is 5. The maximum absolute atomic E-state index is 12.6. The number of aryl methyl sites for hydroxylation is 1. The smallest absolute Gasteiger partial charge is 0.240 e. The third-order valence-electron chi connectivity index (χ3n) is 4.76. The highest BCUT2D eigenvalue weighted by Gasteiger charge is 2.31. The number of amides is 2. The molecular weight excluding hydrogens is 350 g/mol. The van der Waals surface area contributed by atoms with Gasteiger partial charge in [0.05, 0.1) is 12.6 Å². The summed E-state index contributed by atoms with van der Waals surface area (Å²) in [5, 5.41) is 3.57. The summed E-state index contributed by atoms with van der Waals surface area (Å²) in [5.41, 5.74) is 8.44. The second-order valence-corrected chi connectivity index (χ2v) is 6.93. The molecule has 0 spiro atoms. The molecule has 0 saturated heterocycles. The van der Waals surface area contributed by atoms with Crippen LogP contribution >= 0.6 is 11.6 Å². The molecule has 0 aromatic heterocycles. The molecule has 2 aromatic carbocycles. The normalized spacial score (nSPS) is 17.3. The molecule has 5 nitrogen and oxygen atoms in total. The van der Waals surface area contributed by atoms with Gasteiger partial charge in [0, 0.05) is 10.7 Å². The van der Waals surface area contributed by atoms with Crippen LogP contribution in [0.25, 0.3) is 0 Å². The number of benzene rings is 2. The van der Waals surface area contributed by atoms with E-state index in [-0.39, 0.29) is 18.5 Å². The van der Waals surface area contributed by atoms with Crippen molar-refractivity contribution in [3.8, 4) is 0 Å². The average molecular weight is 372 g/mol. The number of primary amides is 1. The van der Waals surface area contributed by atoms with Crippen molar-refractivity contribution in [1.82, 2.24) is 5.32 Å². The monoisotopic (exact) mass is 371 g/mol. The van der Waals surface area contributed by atoms with Crippen LogP contribution < -0.4 is 16.0 Å². The van der Waals surface area contributed by atoms with Crippen molar-refractivity contribution < 1.29 is 9.59 Å². The lowest BCUT2D eigenvalue weighted by atomic mass is 9.95. The first-order valence-corrected chi connectivity index (χ1v) is 9.03. The molecule has 0 unspecified atom stereocenters. The first kappa shape index (κ1) is 18.3. The number of nitrogens with one attached hydrogen (secondary N) is 1. The third kappa shape index (κ3) is 3.83. The van der Waals surface area contributed by atoms with E-state index in [0.717, 1.165) is 23.2 Å². The second kappa shape index (κ2) is 7.79. The Bertz CT molecular complexity index is 824. The Morgan fingerprint density at radius 3 is 2.65 bits per heavy atom. The number of para-hydroxylation sites is 1. The highest BCUT2D eigenvalue weighted by molar-refractivity contribution is 6.31. The molecule has 1 aliphatic rings. The van der Waals surface area contributed by atoms with Crippen molar-refractivity contribution >= 4 is 29.1 Å². The van der Waals surface area contributed by atoms with Gasteiger partial charge < -0.3 is 16.0 Å². The van der Waals surface area contributed by atoms with Gasteiger partial charge >= 0.3 is 0 Å². The summed E-state index contributed by atoms with van der Waals surface area (Å²) in [7, 11) is 0. The molecule has 2 aromatic rings. The van der Waals surface area contributed by atoms with Gasteiger partial charge in [-0.1, -0.05) is 48.0 Å². The van der Waals surface area contributed by atoms with Crippen molar-refractivity contribution in [2.75, 3.05) is 11.4 Å². The number of carbonyl (C=O) groups excluding carboxylic acids is 2. The maximum Gasteiger partial charge on any atom is 0.240 e. The van der Waals surface area contributed by atoms with Crippen LogP contribution in [0.1, 0.15) is 30.5 Å². The largest absolute Gasteiger partial charge is 0.368 e. The van der Waals surface area contributed by atoms with E-state index in [4.69, 9.17) is 17.3 Å². The lowest BCUT2D eigenvalue weighted by molar-refractivity contribution is -0.121. The first-order valence-electron chi connectivity index (χ1n) is 8.65.